The predicted molar refractivity (Wildman–Crippen MR) is 129 cm³/mol. The average Bonchev–Trinajstić information content (AvgIpc) is 3.50. The van der Waals surface area contributed by atoms with Crippen LogP contribution >= 0.6 is 11.3 Å². The Labute approximate surface area is 199 Å². The summed E-state index contributed by atoms with van der Waals surface area (Å²) in [5, 5.41) is 2.80. The van der Waals surface area contributed by atoms with Crippen LogP contribution in [0.5, 0.6) is 11.5 Å². The van der Waals surface area contributed by atoms with E-state index >= 15 is 0 Å². The van der Waals surface area contributed by atoms with Crippen LogP contribution in [0.2, 0.25) is 0 Å². The number of nitrogens with zero attached hydrogens (tertiary/aromatic N) is 2. The van der Waals surface area contributed by atoms with Gasteiger partial charge in [-0.15, -0.1) is 11.3 Å². The lowest BCUT2D eigenvalue weighted by atomic mass is 10.1. The molecule has 2 aromatic carbocycles. The van der Waals surface area contributed by atoms with E-state index in [-0.39, 0.29) is 18.4 Å². The third kappa shape index (κ3) is 6.79. The Morgan fingerprint density at radius 2 is 2.06 bits per heavy atom. The van der Waals surface area contributed by atoms with Crippen molar-refractivity contribution >= 4 is 17.2 Å². The Balaban J connectivity index is 1.38. The Hall–Kier alpha value is -2.90. The first-order valence-corrected chi connectivity index (χ1v) is 12.1. The lowest BCUT2D eigenvalue weighted by Gasteiger charge is -2.25. The molecule has 0 N–H and O–H groups in total. The zero-order valence-electron chi connectivity index (χ0n) is 19.2. The van der Waals surface area contributed by atoms with Crippen LogP contribution in [0.1, 0.15) is 34.7 Å². The van der Waals surface area contributed by atoms with Crippen LogP contribution in [0, 0.1) is 6.92 Å². The summed E-state index contributed by atoms with van der Waals surface area (Å²) in [5.41, 5.74) is 3.00. The molecule has 33 heavy (non-hydrogen) atoms. The summed E-state index contributed by atoms with van der Waals surface area (Å²) < 4.78 is 17.0. The van der Waals surface area contributed by atoms with E-state index < -0.39 is 0 Å². The van der Waals surface area contributed by atoms with Crippen molar-refractivity contribution in [2.45, 2.75) is 45.4 Å². The summed E-state index contributed by atoms with van der Waals surface area (Å²) >= 11 is 1.52. The van der Waals surface area contributed by atoms with Crippen LogP contribution in [-0.2, 0) is 29.1 Å². The smallest absolute Gasteiger partial charge is 0.229 e. The Bertz CT molecular complexity index is 1040. The lowest BCUT2D eigenvalue weighted by Crippen LogP contribution is -2.37. The molecule has 0 bridgehead atoms. The topological polar surface area (TPSA) is 60.9 Å². The highest BCUT2D eigenvalue weighted by atomic mass is 32.1. The largest absolute Gasteiger partial charge is 0.497 e. The standard InChI is InChI=1S/C26H30N2O4S/c1-19-8-10-22(11-9-19)32-17-25-27-21(18-33-25)14-26(29)28(16-24-7-4-12-31-24)15-20-5-3-6-23(13-20)30-2/h3,5-6,8-11,13,18,24H,4,7,12,14-17H2,1-2H3. The predicted octanol–water partition coefficient (Wildman–Crippen LogP) is 4.79. The van der Waals surface area contributed by atoms with Crippen molar-refractivity contribution in [3.8, 4) is 11.5 Å². The molecule has 1 unspecified atom stereocenters. The van der Waals surface area contributed by atoms with Crippen LogP contribution in [0.25, 0.3) is 0 Å². The molecular formula is C26H30N2O4S. The molecule has 7 heteroatoms. The fourth-order valence-electron chi connectivity index (χ4n) is 3.82. The molecule has 1 saturated heterocycles. The maximum Gasteiger partial charge on any atom is 0.229 e. The number of carbonyl (C=O) groups excluding carboxylic acids is 1. The molecule has 4 rings (SSSR count). The van der Waals surface area contributed by atoms with Crippen molar-refractivity contribution < 1.29 is 19.0 Å². The molecule has 1 amide bonds. The number of rotatable bonds is 10. The second-order valence-electron chi connectivity index (χ2n) is 8.27. The monoisotopic (exact) mass is 466 g/mol. The molecule has 1 aliphatic heterocycles. The minimum Gasteiger partial charge on any atom is -0.497 e. The molecule has 0 aliphatic carbocycles. The van der Waals surface area contributed by atoms with E-state index in [4.69, 9.17) is 14.2 Å². The molecule has 1 atom stereocenters. The minimum absolute atomic E-state index is 0.0459. The number of hydrogen-bond donors (Lipinski definition) is 0. The molecule has 2 heterocycles. The van der Waals surface area contributed by atoms with Gasteiger partial charge >= 0.3 is 0 Å². The maximum absolute atomic E-state index is 13.3. The van der Waals surface area contributed by atoms with Gasteiger partial charge in [0.25, 0.3) is 0 Å². The maximum atomic E-state index is 13.3. The highest BCUT2D eigenvalue weighted by Gasteiger charge is 2.23. The molecule has 0 spiro atoms. The normalized spacial score (nSPS) is 15.4. The number of aromatic nitrogens is 1. The lowest BCUT2D eigenvalue weighted by molar-refractivity contribution is -0.132. The first-order valence-electron chi connectivity index (χ1n) is 11.2. The van der Waals surface area contributed by atoms with E-state index in [0.717, 1.165) is 47.2 Å². The Morgan fingerprint density at radius 3 is 2.82 bits per heavy atom. The summed E-state index contributed by atoms with van der Waals surface area (Å²) in [6.07, 6.45) is 2.38. The molecule has 1 aromatic heterocycles. The molecule has 6 nitrogen and oxygen atoms in total. The van der Waals surface area contributed by atoms with Gasteiger partial charge in [-0.2, -0.15) is 0 Å². The number of thiazole rings is 1. The highest BCUT2D eigenvalue weighted by molar-refractivity contribution is 7.09. The number of benzene rings is 2. The second-order valence-corrected chi connectivity index (χ2v) is 9.21. The Morgan fingerprint density at radius 1 is 1.21 bits per heavy atom. The van der Waals surface area contributed by atoms with Crippen molar-refractivity contribution in [2.24, 2.45) is 0 Å². The van der Waals surface area contributed by atoms with Gasteiger partial charge in [0.1, 0.15) is 23.1 Å². The van der Waals surface area contributed by atoms with Crippen LogP contribution in [-0.4, -0.2) is 42.2 Å². The van der Waals surface area contributed by atoms with E-state index in [1.54, 1.807) is 7.11 Å². The van der Waals surface area contributed by atoms with E-state index in [9.17, 15) is 4.79 Å². The summed E-state index contributed by atoms with van der Waals surface area (Å²) in [7, 11) is 1.65. The van der Waals surface area contributed by atoms with E-state index in [0.29, 0.717) is 19.7 Å². The molecule has 0 radical (unpaired) electrons. The fourth-order valence-corrected chi connectivity index (χ4v) is 4.53. The average molecular weight is 467 g/mol. The van der Waals surface area contributed by atoms with E-state index in [2.05, 4.69) is 4.98 Å². The van der Waals surface area contributed by atoms with Gasteiger partial charge < -0.3 is 19.1 Å². The van der Waals surface area contributed by atoms with E-state index in [1.807, 2.05) is 65.7 Å². The third-order valence-corrected chi connectivity index (χ3v) is 6.49. The molecular weight excluding hydrogens is 436 g/mol. The SMILES string of the molecule is COc1cccc(CN(CC2CCCO2)C(=O)Cc2csc(COc3ccc(C)cc3)n2)c1. The van der Waals surface area contributed by atoms with Gasteiger partial charge in [0, 0.05) is 25.1 Å². The number of aryl methyl sites for hydroxylation is 1. The van der Waals surface area contributed by atoms with Crippen molar-refractivity contribution in [3.63, 3.8) is 0 Å². The van der Waals surface area contributed by atoms with Gasteiger partial charge in [0.05, 0.1) is 25.3 Å². The third-order valence-electron chi connectivity index (χ3n) is 5.62. The van der Waals surface area contributed by atoms with Gasteiger partial charge in [0.2, 0.25) is 5.91 Å². The van der Waals surface area contributed by atoms with Gasteiger partial charge in [0.15, 0.2) is 0 Å². The van der Waals surface area contributed by atoms with Gasteiger partial charge in [-0.1, -0.05) is 29.8 Å². The first-order chi connectivity index (χ1) is 16.1. The summed E-state index contributed by atoms with van der Waals surface area (Å²) in [4.78, 5) is 19.8. The number of ether oxygens (including phenoxy) is 3. The summed E-state index contributed by atoms with van der Waals surface area (Å²) in [6, 6.07) is 15.8. The molecule has 1 fully saturated rings. The van der Waals surface area contributed by atoms with Crippen LogP contribution in [0.3, 0.4) is 0 Å². The van der Waals surface area contributed by atoms with Crippen LogP contribution < -0.4 is 9.47 Å². The summed E-state index contributed by atoms with van der Waals surface area (Å²) in [5.74, 6) is 1.65. The quantitative estimate of drug-likeness (QED) is 0.430. The zero-order valence-corrected chi connectivity index (χ0v) is 20.0. The van der Waals surface area contributed by atoms with Crippen LogP contribution in [0.15, 0.2) is 53.9 Å². The second kappa shape index (κ2) is 11.3. The molecule has 1 aliphatic rings. The van der Waals surface area contributed by atoms with Crippen molar-refractivity contribution in [2.75, 3.05) is 20.3 Å². The number of methoxy groups -OCH3 is 1. The fraction of sp³-hybridized carbons (Fsp3) is 0.385. The number of amides is 1. The van der Waals surface area contributed by atoms with E-state index in [1.165, 1.54) is 16.9 Å². The van der Waals surface area contributed by atoms with Crippen LogP contribution in [0.4, 0.5) is 0 Å². The van der Waals surface area contributed by atoms with Gasteiger partial charge in [-0.3, -0.25) is 4.79 Å². The number of hydrogen-bond acceptors (Lipinski definition) is 6. The van der Waals surface area contributed by atoms with Gasteiger partial charge in [-0.05, 0) is 49.6 Å². The molecule has 3 aromatic rings. The Kier molecular flexibility index (Phi) is 7.96. The number of carbonyl (C=O) groups is 1. The van der Waals surface area contributed by atoms with Crippen molar-refractivity contribution in [1.29, 1.82) is 0 Å². The van der Waals surface area contributed by atoms with Crippen molar-refractivity contribution in [1.82, 2.24) is 9.88 Å². The zero-order chi connectivity index (χ0) is 23.0. The molecule has 174 valence electrons. The first kappa shape index (κ1) is 23.3. The summed E-state index contributed by atoms with van der Waals surface area (Å²) in [6.45, 7) is 4.31. The minimum atomic E-state index is 0.0459. The molecule has 0 saturated carbocycles. The highest BCUT2D eigenvalue weighted by Crippen LogP contribution is 2.20. The van der Waals surface area contributed by atoms with Crippen molar-refractivity contribution in [3.05, 3.63) is 75.7 Å². The van der Waals surface area contributed by atoms with Gasteiger partial charge in [-0.25, -0.2) is 4.98 Å².